The first-order valence-electron chi connectivity index (χ1n) is 8.21. The van der Waals surface area contributed by atoms with E-state index in [9.17, 15) is 9.18 Å². The van der Waals surface area contributed by atoms with Crippen molar-refractivity contribution in [2.45, 2.75) is 0 Å². The predicted molar refractivity (Wildman–Crippen MR) is 97.2 cm³/mol. The molecule has 0 unspecified atom stereocenters. The first-order chi connectivity index (χ1) is 12.7. The lowest BCUT2D eigenvalue weighted by Gasteiger charge is -2.12. The van der Waals surface area contributed by atoms with Gasteiger partial charge in [0, 0.05) is 0 Å². The molecular weight excluding hydrogens is 333 g/mol. The minimum absolute atomic E-state index is 0.161. The molecule has 1 amide bonds. The molecule has 4 nitrogen and oxygen atoms in total. The molecule has 3 aromatic carbocycles. The third-order valence-electron chi connectivity index (χ3n) is 3.58. The van der Waals surface area contributed by atoms with Crippen molar-refractivity contribution in [1.82, 2.24) is 5.32 Å². The second-order valence-electron chi connectivity index (χ2n) is 5.45. The zero-order valence-corrected chi connectivity index (χ0v) is 14.0. The number of ether oxygens (including phenoxy) is 2. The van der Waals surface area contributed by atoms with Gasteiger partial charge in [-0.25, -0.2) is 4.39 Å². The van der Waals surface area contributed by atoms with Crippen LogP contribution in [0.3, 0.4) is 0 Å². The van der Waals surface area contributed by atoms with E-state index in [1.807, 2.05) is 30.3 Å². The lowest BCUT2D eigenvalue weighted by Crippen LogP contribution is -2.28. The van der Waals surface area contributed by atoms with Crippen LogP contribution in [0, 0.1) is 5.82 Å². The van der Waals surface area contributed by atoms with Crippen molar-refractivity contribution >= 4 is 5.91 Å². The smallest absolute Gasteiger partial charge is 0.255 e. The summed E-state index contributed by atoms with van der Waals surface area (Å²) >= 11 is 0. The lowest BCUT2D eigenvalue weighted by molar-refractivity contribution is 0.0944. The molecule has 0 aliphatic carbocycles. The maximum absolute atomic E-state index is 13.5. The van der Waals surface area contributed by atoms with Gasteiger partial charge in [0.05, 0.1) is 12.1 Å². The standard InChI is InChI=1S/C21H18FNO3/c22-18-11-5-7-13-20(18)25-15-14-23-21(24)17-10-4-6-12-19(17)26-16-8-2-1-3-9-16/h1-13H,14-15H2,(H,23,24). The molecule has 132 valence electrons. The number of hydrogen-bond donors (Lipinski definition) is 1. The summed E-state index contributed by atoms with van der Waals surface area (Å²) in [4.78, 5) is 12.4. The molecule has 5 heteroatoms. The predicted octanol–water partition coefficient (Wildman–Crippen LogP) is 4.43. The van der Waals surface area contributed by atoms with Gasteiger partial charge in [0.2, 0.25) is 0 Å². The molecule has 0 aromatic heterocycles. The summed E-state index contributed by atoms with van der Waals surface area (Å²) in [6.07, 6.45) is 0. The number of rotatable bonds is 7. The van der Waals surface area contributed by atoms with Crippen LogP contribution in [0.25, 0.3) is 0 Å². The lowest BCUT2D eigenvalue weighted by atomic mass is 10.2. The molecule has 0 atom stereocenters. The van der Waals surface area contributed by atoms with Crippen LogP contribution in [0.5, 0.6) is 17.2 Å². The van der Waals surface area contributed by atoms with Gasteiger partial charge in [-0.1, -0.05) is 42.5 Å². The molecule has 0 aliphatic rings. The van der Waals surface area contributed by atoms with Crippen molar-refractivity contribution in [2.75, 3.05) is 13.2 Å². The molecule has 1 N–H and O–H groups in total. The average Bonchev–Trinajstić information content (AvgIpc) is 2.67. The van der Waals surface area contributed by atoms with Gasteiger partial charge >= 0.3 is 0 Å². The average molecular weight is 351 g/mol. The van der Waals surface area contributed by atoms with Crippen LogP contribution in [0.15, 0.2) is 78.9 Å². The van der Waals surface area contributed by atoms with Crippen LogP contribution >= 0.6 is 0 Å². The van der Waals surface area contributed by atoms with E-state index in [0.29, 0.717) is 17.1 Å². The van der Waals surface area contributed by atoms with Crippen LogP contribution < -0.4 is 14.8 Å². The van der Waals surface area contributed by atoms with Gasteiger partial charge in [-0.15, -0.1) is 0 Å². The number of para-hydroxylation sites is 3. The van der Waals surface area contributed by atoms with E-state index < -0.39 is 5.82 Å². The van der Waals surface area contributed by atoms with Gasteiger partial charge in [-0.2, -0.15) is 0 Å². The number of amides is 1. The normalized spacial score (nSPS) is 10.2. The molecule has 0 fully saturated rings. The highest BCUT2D eigenvalue weighted by molar-refractivity contribution is 5.97. The third kappa shape index (κ3) is 4.60. The number of nitrogens with one attached hydrogen (secondary N) is 1. The first-order valence-corrected chi connectivity index (χ1v) is 8.21. The van der Waals surface area contributed by atoms with Gasteiger partial charge in [0.15, 0.2) is 11.6 Å². The highest BCUT2D eigenvalue weighted by atomic mass is 19.1. The Balaban J connectivity index is 1.57. The zero-order valence-electron chi connectivity index (χ0n) is 14.0. The minimum Gasteiger partial charge on any atom is -0.489 e. The molecule has 0 bridgehead atoms. The largest absolute Gasteiger partial charge is 0.489 e. The Bertz CT molecular complexity index is 868. The van der Waals surface area contributed by atoms with Gasteiger partial charge in [-0.3, -0.25) is 4.79 Å². The summed E-state index contributed by atoms with van der Waals surface area (Å²) in [7, 11) is 0. The molecule has 26 heavy (non-hydrogen) atoms. The van der Waals surface area contributed by atoms with Crippen molar-refractivity contribution in [3.63, 3.8) is 0 Å². The Morgan fingerprint density at radius 1 is 0.846 bits per heavy atom. The van der Waals surface area contributed by atoms with Crippen LogP contribution in [0.4, 0.5) is 4.39 Å². The summed E-state index contributed by atoms with van der Waals surface area (Å²) in [6, 6.07) is 22.4. The summed E-state index contributed by atoms with van der Waals surface area (Å²) in [5.41, 5.74) is 0.419. The fourth-order valence-corrected chi connectivity index (χ4v) is 2.34. The van der Waals surface area contributed by atoms with Gasteiger partial charge in [0.25, 0.3) is 5.91 Å². The summed E-state index contributed by atoms with van der Waals surface area (Å²) < 4.78 is 24.6. The number of halogens is 1. The Morgan fingerprint density at radius 3 is 2.27 bits per heavy atom. The fraction of sp³-hybridized carbons (Fsp3) is 0.0952. The van der Waals surface area contributed by atoms with Crippen molar-refractivity contribution in [2.24, 2.45) is 0 Å². The summed E-state index contributed by atoms with van der Waals surface area (Å²) in [5, 5.41) is 2.75. The SMILES string of the molecule is O=C(NCCOc1ccccc1F)c1ccccc1Oc1ccccc1. The maximum atomic E-state index is 13.5. The second-order valence-corrected chi connectivity index (χ2v) is 5.45. The van der Waals surface area contributed by atoms with Crippen molar-refractivity contribution in [1.29, 1.82) is 0 Å². The molecule has 0 radical (unpaired) electrons. The molecule has 0 spiro atoms. The number of hydrogen-bond acceptors (Lipinski definition) is 3. The van der Waals surface area contributed by atoms with Gasteiger partial charge < -0.3 is 14.8 Å². The van der Waals surface area contributed by atoms with Gasteiger partial charge in [-0.05, 0) is 36.4 Å². The molecular formula is C21H18FNO3. The highest BCUT2D eigenvalue weighted by Crippen LogP contribution is 2.24. The van der Waals surface area contributed by atoms with Crippen molar-refractivity contribution < 1.29 is 18.7 Å². The molecule has 0 saturated heterocycles. The van der Waals surface area contributed by atoms with E-state index in [2.05, 4.69) is 5.32 Å². The fourth-order valence-electron chi connectivity index (χ4n) is 2.34. The molecule has 3 rings (SSSR count). The quantitative estimate of drug-likeness (QED) is 0.641. The number of carbonyl (C=O) groups excluding carboxylic acids is 1. The van der Waals surface area contributed by atoms with E-state index >= 15 is 0 Å². The van der Waals surface area contributed by atoms with E-state index in [-0.39, 0.29) is 24.8 Å². The molecule has 0 saturated carbocycles. The van der Waals surface area contributed by atoms with E-state index in [0.717, 1.165) is 0 Å². The van der Waals surface area contributed by atoms with E-state index in [4.69, 9.17) is 9.47 Å². The third-order valence-corrected chi connectivity index (χ3v) is 3.58. The first kappa shape index (κ1) is 17.5. The zero-order chi connectivity index (χ0) is 18.2. The van der Waals surface area contributed by atoms with E-state index in [1.54, 1.807) is 42.5 Å². The summed E-state index contributed by atoms with van der Waals surface area (Å²) in [5.74, 6) is 0.561. The second kappa shape index (κ2) is 8.67. The highest BCUT2D eigenvalue weighted by Gasteiger charge is 2.12. The van der Waals surface area contributed by atoms with Crippen LogP contribution in [-0.4, -0.2) is 19.1 Å². The van der Waals surface area contributed by atoms with Crippen molar-refractivity contribution in [3.8, 4) is 17.2 Å². The van der Waals surface area contributed by atoms with E-state index in [1.165, 1.54) is 6.07 Å². The molecule has 3 aromatic rings. The minimum atomic E-state index is -0.430. The van der Waals surface area contributed by atoms with Crippen molar-refractivity contribution in [3.05, 3.63) is 90.2 Å². The Kier molecular flexibility index (Phi) is 5.83. The Morgan fingerprint density at radius 2 is 1.50 bits per heavy atom. The van der Waals surface area contributed by atoms with Crippen LogP contribution in [0.2, 0.25) is 0 Å². The summed E-state index contributed by atoms with van der Waals surface area (Å²) in [6.45, 7) is 0.404. The monoisotopic (exact) mass is 351 g/mol. The molecule has 0 heterocycles. The number of benzene rings is 3. The molecule has 0 aliphatic heterocycles. The maximum Gasteiger partial charge on any atom is 0.255 e. The Labute approximate surface area is 151 Å². The topological polar surface area (TPSA) is 47.6 Å². The Hall–Kier alpha value is -3.34. The van der Waals surface area contributed by atoms with Crippen LogP contribution in [0.1, 0.15) is 10.4 Å². The van der Waals surface area contributed by atoms with Gasteiger partial charge in [0.1, 0.15) is 18.1 Å². The number of carbonyl (C=O) groups is 1. The van der Waals surface area contributed by atoms with Crippen LogP contribution in [-0.2, 0) is 0 Å².